The number of aryl methyl sites for hydroxylation is 2. The molecule has 6 unspecified atom stereocenters. The highest BCUT2D eigenvalue weighted by molar-refractivity contribution is 8.24. The van der Waals surface area contributed by atoms with E-state index in [1.54, 1.807) is 0 Å². The van der Waals surface area contributed by atoms with E-state index in [9.17, 15) is 13.2 Å². The molecular formula is C26H40F6N4OS. The Morgan fingerprint density at radius 1 is 1.00 bits per heavy atom. The second-order valence-corrected chi connectivity index (χ2v) is 13.6. The molecule has 1 aliphatic carbocycles. The van der Waals surface area contributed by atoms with Gasteiger partial charge in [0.1, 0.15) is 23.5 Å². The van der Waals surface area contributed by atoms with Crippen LogP contribution in [0.25, 0.3) is 0 Å². The Kier molecular flexibility index (Phi) is 9.01. The number of ether oxygens (including phenoxy) is 1. The second-order valence-electron chi connectivity index (χ2n) is 11.7. The summed E-state index contributed by atoms with van der Waals surface area (Å²) in [5.74, 6) is -0.700. The number of benzene rings is 1. The summed E-state index contributed by atoms with van der Waals surface area (Å²) in [6, 6.07) is 4.56. The van der Waals surface area contributed by atoms with Gasteiger partial charge in [-0.25, -0.2) is 9.11 Å². The van der Waals surface area contributed by atoms with Crippen molar-refractivity contribution in [2.75, 3.05) is 6.61 Å². The predicted molar refractivity (Wildman–Crippen MR) is 138 cm³/mol. The number of rotatable bonds is 3. The molecule has 1 aromatic rings. The van der Waals surface area contributed by atoms with E-state index < -0.39 is 65.0 Å². The van der Waals surface area contributed by atoms with Gasteiger partial charge in [-0.05, 0) is 56.2 Å². The van der Waals surface area contributed by atoms with Crippen LogP contribution in [0.5, 0.6) is 0 Å². The van der Waals surface area contributed by atoms with Crippen LogP contribution in [0, 0.1) is 25.2 Å². The molecule has 4 rings (SSSR count). The number of fused-ring (bicyclic) bond motifs is 4. The second kappa shape index (κ2) is 11.4. The number of hydrogen-bond acceptors (Lipinski definition) is 5. The lowest BCUT2D eigenvalue weighted by Crippen LogP contribution is -2.62. The Hall–Kier alpha value is -1.05. The van der Waals surface area contributed by atoms with E-state index >= 15 is 12.2 Å². The van der Waals surface area contributed by atoms with Gasteiger partial charge >= 0.3 is 6.18 Å². The van der Waals surface area contributed by atoms with E-state index in [0.29, 0.717) is 19.3 Å². The van der Waals surface area contributed by atoms with Crippen molar-refractivity contribution in [3.63, 3.8) is 0 Å². The zero-order valence-corrected chi connectivity index (χ0v) is 23.1. The van der Waals surface area contributed by atoms with Crippen molar-refractivity contribution < 1.29 is 30.1 Å². The average Bonchev–Trinajstić information content (AvgIpc) is 2.81. The smallest absolute Gasteiger partial charge is 0.362 e. The van der Waals surface area contributed by atoms with Crippen LogP contribution >= 0.6 is 11.0 Å². The van der Waals surface area contributed by atoms with Crippen molar-refractivity contribution in [3.05, 3.63) is 34.9 Å². The van der Waals surface area contributed by atoms with Gasteiger partial charge in [-0.15, -0.1) is 7.77 Å². The van der Waals surface area contributed by atoms with Crippen LogP contribution in [0.2, 0.25) is 0 Å². The molecular weight excluding hydrogens is 530 g/mol. The summed E-state index contributed by atoms with van der Waals surface area (Å²) in [5.41, 5.74) is 0.897. The van der Waals surface area contributed by atoms with E-state index in [0.717, 1.165) is 30.5 Å². The zero-order chi connectivity index (χ0) is 27.9. The quantitative estimate of drug-likeness (QED) is 0.249. The molecule has 1 saturated carbocycles. The molecule has 1 aromatic carbocycles. The van der Waals surface area contributed by atoms with E-state index in [1.165, 1.54) is 0 Å². The summed E-state index contributed by atoms with van der Waals surface area (Å²) in [7, 11) is -4.33. The van der Waals surface area contributed by atoms with Gasteiger partial charge in [-0.1, -0.05) is 38.5 Å². The fourth-order valence-corrected chi connectivity index (χ4v) is 7.60. The highest BCUT2D eigenvalue weighted by Crippen LogP contribution is 2.58. The van der Waals surface area contributed by atoms with Crippen LogP contribution in [0.15, 0.2) is 18.2 Å². The molecule has 4 bridgehead atoms. The Balaban J connectivity index is 1.64. The lowest BCUT2D eigenvalue weighted by molar-refractivity contribution is -0.217. The minimum atomic E-state index is -4.49. The fourth-order valence-electron chi connectivity index (χ4n) is 6.01. The summed E-state index contributed by atoms with van der Waals surface area (Å²) >= 11 is 0. The molecule has 2 saturated heterocycles. The molecule has 0 radical (unpaired) electrons. The summed E-state index contributed by atoms with van der Waals surface area (Å²) in [6.07, 6.45) is -6.84. The molecule has 0 aromatic heterocycles. The number of hydrogen-bond donors (Lipinski definition) is 4. The monoisotopic (exact) mass is 570 g/mol. The maximum Gasteiger partial charge on any atom is 0.394 e. The normalized spacial score (nSPS) is 35.9. The maximum atomic E-state index is 15.6. The first-order valence-corrected chi connectivity index (χ1v) is 14.8. The molecule has 4 N–H and O–H groups in total. The molecule has 3 fully saturated rings. The van der Waals surface area contributed by atoms with Crippen LogP contribution < -0.4 is 20.7 Å². The third-order valence-electron chi connectivity index (χ3n) is 8.25. The van der Waals surface area contributed by atoms with Crippen molar-refractivity contribution in [2.24, 2.45) is 11.3 Å². The third kappa shape index (κ3) is 6.80. The maximum absolute atomic E-state index is 15.6. The van der Waals surface area contributed by atoms with E-state index in [-0.39, 0.29) is 25.5 Å². The van der Waals surface area contributed by atoms with Gasteiger partial charge in [0.15, 0.2) is 6.30 Å². The molecule has 12 heteroatoms. The van der Waals surface area contributed by atoms with Crippen molar-refractivity contribution in [1.29, 1.82) is 0 Å². The zero-order valence-electron chi connectivity index (χ0n) is 22.3. The summed E-state index contributed by atoms with van der Waals surface area (Å²) in [5, 5.41) is 7.99. The van der Waals surface area contributed by atoms with Gasteiger partial charge in [0, 0.05) is 24.4 Å². The Labute approximate surface area is 223 Å². The molecule has 3 aliphatic rings. The molecule has 7 atom stereocenters. The molecule has 0 amide bonds. The lowest BCUT2D eigenvalue weighted by Gasteiger charge is -2.43. The first-order valence-electron chi connectivity index (χ1n) is 13.3. The molecule has 218 valence electrons. The summed E-state index contributed by atoms with van der Waals surface area (Å²) in [4.78, 5) is 0. The number of alkyl halides is 4. The SMILES string of the molecule is Cc1cccc(C)c1C1CC2NC(N1)NS(F)(F)C1CCCC(C1)C(F)N[C@H](CC(C)(C)C(F)(F)F)CO2. The van der Waals surface area contributed by atoms with Gasteiger partial charge in [0.25, 0.3) is 0 Å². The van der Waals surface area contributed by atoms with Crippen LogP contribution in [-0.4, -0.2) is 42.9 Å². The third-order valence-corrected chi connectivity index (χ3v) is 10.1. The van der Waals surface area contributed by atoms with Gasteiger partial charge in [0.2, 0.25) is 0 Å². The average molecular weight is 571 g/mol. The van der Waals surface area contributed by atoms with Crippen LogP contribution in [0.4, 0.5) is 25.3 Å². The van der Waals surface area contributed by atoms with Crippen molar-refractivity contribution >= 4 is 11.0 Å². The minimum absolute atomic E-state index is 0.0315. The lowest BCUT2D eigenvalue weighted by atomic mass is 9.84. The Morgan fingerprint density at radius 3 is 2.34 bits per heavy atom. The molecule has 5 nitrogen and oxygen atoms in total. The summed E-state index contributed by atoms with van der Waals surface area (Å²) in [6.45, 7) is 5.89. The van der Waals surface area contributed by atoms with Gasteiger partial charge < -0.3 is 4.74 Å². The first-order chi connectivity index (χ1) is 17.7. The largest absolute Gasteiger partial charge is 0.394 e. The number of nitrogens with one attached hydrogen (secondary N) is 4. The van der Waals surface area contributed by atoms with Gasteiger partial charge in [-0.3, -0.25) is 16.0 Å². The van der Waals surface area contributed by atoms with Crippen LogP contribution in [0.3, 0.4) is 0 Å². The van der Waals surface area contributed by atoms with E-state index in [4.69, 9.17) is 4.74 Å². The van der Waals surface area contributed by atoms with Crippen molar-refractivity contribution in [3.8, 4) is 0 Å². The number of halogens is 6. The molecule has 2 aliphatic heterocycles. The van der Waals surface area contributed by atoms with Gasteiger partial charge in [-0.2, -0.15) is 13.2 Å². The molecule has 0 spiro atoms. The molecule has 2 heterocycles. The molecule has 38 heavy (non-hydrogen) atoms. The Bertz CT molecular complexity index is 944. The first kappa shape index (κ1) is 29.9. The fraction of sp³-hybridized carbons (Fsp3) is 0.769. The minimum Gasteiger partial charge on any atom is -0.362 e. The topological polar surface area (TPSA) is 57.3 Å². The van der Waals surface area contributed by atoms with Gasteiger partial charge in [0.05, 0.1) is 17.3 Å². The van der Waals surface area contributed by atoms with Crippen molar-refractivity contribution in [1.82, 2.24) is 20.7 Å². The Morgan fingerprint density at radius 2 is 1.68 bits per heavy atom. The van der Waals surface area contributed by atoms with Crippen LogP contribution in [-0.2, 0) is 4.74 Å². The van der Waals surface area contributed by atoms with E-state index in [1.807, 2.05) is 32.0 Å². The van der Waals surface area contributed by atoms with Crippen LogP contribution in [0.1, 0.15) is 75.1 Å². The highest BCUT2D eigenvalue weighted by atomic mass is 32.3. The van der Waals surface area contributed by atoms with E-state index in [2.05, 4.69) is 20.7 Å². The van der Waals surface area contributed by atoms with Crippen molar-refractivity contribution in [2.45, 2.75) is 109 Å². The summed E-state index contributed by atoms with van der Waals surface area (Å²) < 4.78 is 96.3. The standard InChI is InChI=1S/C26H40F6N4OS/c1-15-7-5-8-16(2)22(15)20-12-21-35-24(34-20)36-38(31,32)19-10-6-9-17(11-19)23(27)33-18(14-37-21)13-25(3,4)26(28,29)30/h5,7-8,17-21,23-24,33-36H,6,9-14H2,1-4H3/t17?,18-,19?,20?,21?,23?,24?/m1/s1. The predicted octanol–water partition coefficient (Wildman–Crippen LogP) is 6.44. The highest BCUT2D eigenvalue weighted by Gasteiger charge is 2.49.